The van der Waals surface area contributed by atoms with Crippen LogP contribution in [-0.2, 0) is 4.74 Å². The quantitative estimate of drug-likeness (QED) is 0.513. The summed E-state index contributed by atoms with van der Waals surface area (Å²) in [6.07, 6.45) is 2.41. The van der Waals surface area contributed by atoms with Crippen molar-refractivity contribution in [1.29, 1.82) is 0 Å². The molecule has 1 aliphatic carbocycles. The van der Waals surface area contributed by atoms with Gasteiger partial charge in [-0.2, -0.15) is 0 Å². The van der Waals surface area contributed by atoms with Gasteiger partial charge in [-0.1, -0.05) is 6.58 Å². The van der Waals surface area contributed by atoms with Crippen LogP contribution in [0.3, 0.4) is 0 Å². The SMILES string of the molecule is C=C1CNCC2(CC2)O1. The molecule has 0 atom stereocenters. The molecular formula is C7H11NO. The zero-order valence-electron chi connectivity index (χ0n) is 5.44. The van der Waals surface area contributed by atoms with Gasteiger partial charge < -0.3 is 10.1 Å². The smallest absolute Gasteiger partial charge is 0.121 e. The van der Waals surface area contributed by atoms with Crippen LogP contribution in [0.1, 0.15) is 12.8 Å². The molecule has 0 bridgehead atoms. The van der Waals surface area contributed by atoms with Gasteiger partial charge in [-0.15, -0.1) is 0 Å². The summed E-state index contributed by atoms with van der Waals surface area (Å²) in [4.78, 5) is 0. The van der Waals surface area contributed by atoms with Gasteiger partial charge in [-0.3, -0.25) is 0 Å². The zero-order chi connectivity index (χ0) is 6.32. The maximum atomic E-state index is 5.53. The van der Waals surface area contributed by atoms with Gasteiger partial charge in [-0.05, 0) is 12.8 Å². The summed E-state index contributed by atoms with van der Waals surface area (Å²) < 4.78 is 5.53. The van der Waals surface area contributed by atoms with E-state index in [1.807, 2.05) is 0 Å². The van der Waals surface area contributed by atoms with E-state index in [0.29, 0.717) is 0 Å². The Balaban J connectivity index is 2.04. The molecule has 2 aliphatic rings. The van der Waals surface area contributed by atoms with Gasteiger partial charge in [-0.25, -0.2) is 0 Å². The Bertz CT molecular complexity index is 149. The summed E-state index contributed by atoms with van der Waals surface area (Å²) in [6.45, 7) is 5.62. The molecule has 50 valence electrons. The Morgan fingerprint density at radius 1 is 1.56 bits per heavy atom. The molecule has 0 aromatic heterocycles. The third kappa shape index (κ3) is 0.833. The Labute approximate surface area is 54.9 Å². The molecular weight excluding hydrogens is 114 g/mol. The number of morpholine rings is 1. The van der Waals surface area contributed by atoms with Crippen molar-refractivity contribution in [2.45, 2.75) is 18.4 Å². The van der Waals surface area contributed by atoms with Crippen molar-refractivity contribution in [3.8, 4) is 0 Å². The first-order chi connectivity index (χ1) is 4.31. The van der Waals surface area contributed by atoms with E-state index in [-0.39, 0.29) is 5.60 Å². The van der Waals surface area contributed by atoms with E-state index >= 15 is 0 Å². The highest BCUT2D eigenvalue weighted by atomic mass is 16.5. The lowest BCUT2D eigenvalue weighted by Gasteiger charge is -2.25. The second-order valence-corrected chi connectivity index (χ2v) is 2.93. The number of nitrogens with one attached hydrogen (secondary N) is 1. The average Bonchev–Trinajstić information content (AvgIpc) is 2.49. The largest absolute Gasteiger partial charge is 0.490 e. The van der Waals surface area contributed by atoms with Crippen molar-refractivity contribution in [1.82, 2.24) is 5.32 Å². The maximum Gasteiger partial charge on any atom is 0.121 e. The van der Waals surface area contributed by atoms with Crippen LogP contribution < -0.4 is 5.32 Å². The molecule has 2 heteroatoms. The topological polar surface area (TPSA) is 21.3 Å². The fourth-order valence-corrected chi connectivity index (χ4v) is 1.23. The van der Waals surface area contributed by atoms with E-state index in [1.165, 1.54) is 12.8 Å². The van der Waals surface area contributed by atoms with Crippen LogP contribution in [-0.4, -0.2) is 18.7 Å². The van der Waals surface area contributed by atoms with E-state index in [4.69, 9.17) is 4.74 Å². The molecule has 0 aromatic rings. The van der Waals surface area contributed by atoms with Crippen LogP contribution in [0.15, 0.2) is 12.3 Å². The molecule has 9 heavy (non-hydrogen) atoms. The maximum absolute atomic E-state index is 5.53. The molecule has 1 saturated heterocycles. The normalized spacial score (nSPS) is 30.0. The second kappa shape index (κ2) is 1.51. The highest BCUT2D eigenvalue weighted by Crippen LogP contribution is 2.41. The highest BCUT2D eigenvalue weighted by Gasteiger charge is 2.46. The van der Waals surface area contributed by atoms with E-state index in [9.17, 15) is 0 Å². The van der Waals surface area contributed by atoms with Crippen molar-refractivity contribution in [2.24, 2.45) is 0 Å². The molecule has 0 aromatic carbocycles. The summed E-state index contributed by atoms with van der Waals surface area (Å²) in [5.74, 6) is 0.902. The molecule has 0 unspecified atom stereocenters. The Hall–Kier alpha value is -0.500. The first kappa shape index (κ1) is 5.30. The number of hydrogen-bond acceptors (Lipinski definition) is 2. The van der Waals surface area contributed by atoms with E-state index in [0.717, 1.165) is 18.8 Å². The molecule has 1 spiro atoms. The van der Waals surface area contributed by atoms with Gasteiger partial charge in [0.1, 0.15) is 11.4 Å². The fourth-order valence-electron chi connectivity index (χ4n) is 1.23. The van der Waals surface area contributed by atoms with Gasteiger partial charge in [0.15, 0.2) is 0 Å². The van der Waals surface area contributed by atoms with E-state index < -0.39 is 0 Å². The molecule has 2 rings (SSSR count). The Morgan fingerprint density at radius 3 is 2.78 bits per heavy atom. The Kier molecular flexibility index (Phi) is 0.887. The monoisotopic (exact) mass is 125 g/mol. The molecule has 1 aliphatic heterocycles. The summed E-state index contributed by atoms with van der Waals surface area (Å²) in [7, 11) is 0. The highest BCUT2D eigenvalue weighted by molar-refractivity contribution is 5.06. The predicted molar refractivity (Wildman–Crippen MR) is 35.1 cm³/mol. The molecule has 1 heterocycles. The third-order valence-electron chi connectivity index (χ3n) is 1.94. The van der Waals surface area contributed by atoms with Crippen molar-refractivity contribution in [3.05, 3.63) is 12.3 Å². The van der Waals surface area contributed by atoms with Crippen LogP contribution in [0.25, 0.3) is 0 Å². The van der Waals surface area contributed by atoms with Crippen LogP contribution in [0.4, 0.5) is 0 Å². The van der Waals surface area contributed by atoms with Gasteiger partial charge in [0.2, 0.25) is 0 Å². The van der Waals surface area contributed by atoms with E-state index in [1.54, 1.807) is 0 Å². The zero-order valence-corrected chi connectivity index (χ0v) is 5.44. The summed E-state index contributed by atoms with van der Waals surface area (Å²) in [5, 5.41) is 3.26. The fraction of sp³-hybridized carbons (Fsp3) is 0.714. The minimum absolute atomic E-state index is 0.190. The summed E-state index contributed by atoms with van der Waals surface area (Å²) in [6, 6.07) is 0. The van der Waals surface area contributed by atoms with Gasteiger partial charge in [0.05, 0.1) is 6.54 Å². The van der Waals surface area contributed by atoms with Crippen LogP contribution in [0.2, 0.25) is 0 Å². The molecule has 0 radical (unpaired) electrons. The molecule has 2 fully saturated rings. The lowest BCUT2D eigenvalue weighted by molar-refractivity contribution is 0.0656. The van der Waals surface area contributed by atoms with Crippen molar-refractivity contribution < 1.29 is 4.74 Å². The molecule has 2 nitrogen and oxygen atoms in total. The first-order valence-electron chi connectivity index (χ1n) is 3.38. The average molecular weight is 125 g/mol. The number of ether oxygens (including phenoxy) is 1. The van der Waals surface area contributed by atoms with Gasteiger partial charge >= 0.3 is 0 Å². The standard InChI is InChI=1S/C7H11NO/c1-6-4-8-5-7(9-6)2-3-7/h8H,1-5H2. The summed E-state index contributed by atoms with van der Waals surface area (Å²) >= 11 is 0. The van der Waals surface area contributed by atoms with Crippen molar-refractivity contribution in [2.75, 3.05) is 13.1 Å². The van der Waals surface area contributed by atoms with Gasteiger partial charge in [0.25, 0.3) is 0 Å². The van der Waals surface area contributed by atoms with E-state index in [2.05, 4.69) is 11.9 Å². The first-order valence-corrected chi connectivity index (χ1v) is 3.38. The molecule has 1 saturated carbocycles. The van der Waals surface area contributed by atoms with Crippen molar-refractivity contribution in [3.63, 3.8) is 0 Å². The van der Waals surface area contributed by atoms with Gasteiger partial charge in [0, 0.05) is 6.54 Å². The molecule has 0 amide bonds. The van der Waals surface area contributed by atoms with Crippen LogP contribution in [0.5, 0.6) is 0 Å². The third-order valence-corrected chi connectivity index (χ3v) is 1.94. The minimum Gasteiger partial charge on any atom is -0.490 e. The minimum atomic E-state index is 0.190. The number of hydrogen-bond donors (Lipinski definition) is 1. The second-order valence-electron chi connectivity index (χ2n) is 2.93. The molecule has 1 N–H and O–H groups in total. The lowest BCUT2D eigenvalue weighted by atomic mass is 10.3. The van der Waals surface area contributed by atoms with Crippen LogP contribution in [0, 0.1) is 0 Å². The predicted octanol–water partition coefficient (Wildman–Crippen LogP) is 0.652. The lowest BCUT2D eigenvalue weighted by Crippen LogP contribution is -2.38. The summed E-state index contributed by atoms with van der Waals surface area (Å²) in [5.41, 5.74) is 0.190. The van der Waals surface area contributed by atoms with Crippen molar-refractivity contribution >= 4 is 0 Å². The Morgan fingerprint density at radius 2 is 2.33 bits per heavy atom. The van der Waals surface area contributed by atoms with Crippen LogP contribution >= 0.6 is 0 Å². The number of rotatable bonds is 0.